The summed E-state index contributed by atoms with van der Waals surface area (Å²) in [4.78, 5) is 12.4. The van der Waals surface area contributed by atoms with E-state index in [1.54, 1.807) is 20.2 Å². The summed E-state index contributed by atoms with van der Waals surface area (Å²) >= 11 is 3.36. The van der Waals surface area contributed by atoms with Crippen LogP contribution >= 0.6 is 15.9 Å². The maximum Gasteiger partial charge on any atom is 0.245 e. The fraction of sp³-hybridized carbons (Fsp3) is 0.333. The first-order chi connectivity index (χ1) is 8.19. The van der Waals surface area contributed by atoms with Gasteiger partial charge in [-0.05, 0) is 22.9 Å². The molecule has 0 atom stereocenters. The Balaban J connectivity index is 2.07. The lowest BCUT2D eigenvalue weighted by Gasteiger charge is -2.06. The van der Waals surface area contributed by atoms with Crippen molar-refractivity contribution in [2.75, 3.05) is 17.7 Å². The Morgan fingerprint density at radius 2 is 2.24 bits per heavy atom. The normalized spacial score (nSPS) is 10.3. The number of anilines is 2. The summed E-state index contributed by atoms with van der Waals surface area (Å²) in [6.07, 6.45) is 1.67. The van der Waals surface area contributed by atoms with Gasteiger partial charge in [0.2, 0.25) is 11.8 Å². The molecule has 2 aromatic rings. The molecule has 0 aliphatic carbocycles. The molecule has 0 fully saturated rings. The van der Waals surface area contributed by atoms with E-state index in [1.807, 2.05) is 0 Å². The van der Waals surface area contributed by atoms with E-state index >= 15 is 0 Å². The molecule has 17 heavy (non-hydrogen) atoms. The first-order valence-corrected chi connectivity index (χ1v) is 5.71. The van der Waals surface area contributed by atoms with Crippen LogP contribution in [0.15, 0.2) is 15.2 Å². The third-order valence-corrected chi connectivity index (χ3v) is 2.52. The van der Waals surface area contributed by atoms with Gasteiger partial charge in [-0.25, -0.2) is 4.98 Å². The average molecular weight is 299 g/mol. The summed E-state index contributed by atoms with van der Waals surface area (Å²) in [5.41, 5.74) is 0. The Kier molecular flexibility index (Phi) is 3.52. The average Bonchev–Trinajstić information content (AvgIpc) is 2.74. The molecule has 90 valence electrons. The van der Waals surface area contributed by atoms with Crippen molar-refractivity contribution in [3.63, 3.8) is 0 Å². The molecular weight excluding hydrogens is 288 g/mol. The lowest BCUT2D eigenvalue weighted by atomic mass is 10.5. The minimum absolute atomic E-state index is 0.416. The van der Waals surface area contributed by atoms with Gasteiger partial charge in [0.25, 0.3) is 0 Å². The number of aryl methyl sites for hydroxylation is 1. The van der Waals surface area contributed by atoms with Crippen LogP contribution in [0.5, 0.6) is 0 Å². The largest absolute Gasteiger partial charge is 0.360 e. The zero-order valence-electron chi connectivity index (χ0n) is 9.36. The van der Waals surface area contributed by atoms with Crippen molar-refractivity contribution in [1.82, 2.24) is 20.1 Å². The van der Waals surface area contributed by atoms with Crippen molar-refractivity contribution in [3.05, 3.63) is 22.4 Å². The van der Waals surface area contributed by atoms with Gasteiger partial charge in [0.1, 0.15) is 5.82 Å². The highest BCUT2D eigenvalue weighted by atomic mass is 79.9. The second-order valence-electron chi connectivity index (χ2n) is 3.23. The van der Waals surface area contributed by atoms with Crippen molar-refractivity contribution in [2.45, 2.75) is 13.5 Å². The van der Waals surface area contributed by atoms with Crippen LogP contribution in [0.2, 0.25) is 0 Å². The maximum absolute atomic E-state index is 4.98. The minimum atomic E-state index is 0.416. The molecule has 0 spiro atoms. The molecule has 0 saturated carbocycles. The van der Waals surface area contributed by atoms with Crippen molar-refractivity contribution in [3.8, 4) is 0 Å². The van der Waals surface area contributed by atoms with Crippen LogP contribution in [-0.4, -0.2) is 27.2 Å². The Bertz CT molecular complexity index is 514. The Morgan fingerprint density at radius 3 is 2.88 bits per heavy atom. The van der Waals surface area contributed by atoms with E-state index < -0.39 is 0 Å². The fourth-order valence-electron chi connectivity index (χ4n) is 1.18. The molecule has 0 bridgehead atoms. The predicted molar refractivity (Wildman–Crippen MR) is 65.6 cm³/mol. The number of hydrogen-bond acceptors (Lipinski definition) is 7. The number of hydrogen-bond donors (Lipinski definition) is 2. The second-order valence-corrected chi connectivity index (χ2v) is 4.08. The molecule has 2 rings (SSSR count). The molecule has 7 nitrogen and oxygen atoms in total. The van der Waals surface area contributed by atoms with E-state index in [2.05, 4.69) is 46.7 Å². The van der Waals surface area contributed by atoms with Gasteiger partial charge in [0.15, 0.2) is 5.82 Å². The fourth-order valence-corrected chi connectivity index (χ4v) is 1.51. The van der Waals surface area contributed by atoms with Crippen molar-refractivity contribution in [1.29, 1.82) is 0 Å². The van der Waals surface area contributed by atoms with E-state index in [4.69, 9.17) is 4.52 Å². The third-order valence-electron chi connectivity index (χ3n) is 1.94. The first kappa shape index (κ1) is 11.8. The maximum atomic E-state index is 4.98. The van der Waals surface area contributed by atoms with E-state index in [0.717, 1.165) is 4.47 Å². The van der Waals surface area contributed by atoms with Gasteiger partial charge in [0, 0.05) is 13.2 Å². The topological polar surface area (TPSA) is 88.8 Å². The van der Waals surface area contributed by atoms with E-state index in [1.165, 1.54) is 0 Å². The SMILES string of the molecule is CNc1ncc(Br)c(NCc2nc(C)no2)n1. The lowest BCUT2D eigenvalue weighted by molar-refractivity contribution is 0.379. The molecule has 0 amide bonds. The van der Waals surface area contributed by atoms with Crippen LogP contribution in [-0.2, 0) is 6.54 Å². The molecule has 0 aromatic carbocycles. The quantitative estimate of drug-likeness (QED) is 0.886. The van der Waals surface area contributed by atoms with Crippen LogP contribution in [0.1, 0.15) is 11.7 Å². The van der Waals surface area contributed by atoms with Crippen molar-refractivity contribution < 1.29 is 4.52 Å². The molecule has 0 aliphatic rings. The lowest BCUT2D eigenvalue weighted by Crippen LogP contribution is -2.05. The van der Waals surface area contributed by atoms with Gasteiger partial charge in [-0.15, -0.1) is 0 Å². The Labute approximate surface area is 106 Å². The highest BCUT2D eigenvalue weighted by molar-refractivity contribution is 9.10. The number of nitrogens with one attached hydrogen (secondary N) is 2. The van der Waals surface area contributed by atoms with Gasteiger partial charge < -0.3 is 15.2 Å². The van der Waals surface area contributed by atoms with Crippen LogP contribution in [0.4, 0.5) is 11.8 Å². The molecule has 2 aromatic heterocycles. The second kappa shape index (κ2) is 5.09. The molecule has 0 aliphatic heterocycles. The summed E-state index contributed by atoms with van der Waals surface area (Å²) in [5.74, 6) is 2.33. The number of nitrogens with zero attached hydrogens (tertiary/aromatic N) is 4. The van der Waals surface area contributed by atoms with Crippen LogP contribution in [0, 0.1) is 6.92 Å². The summed E-state index contributed by atoms with van der Waals surface area (Å²) in [5, 5.41) is 9.65. The van der Waals surface area contributed by atoms with Crippen LogP contribution < -0.4 is 10.6 Å². The molecule has 2 heterocycles. The molecule has 8 heteroatoms. The van der Waals surface area contributed by atoms with Crippen molar-refractivity contribution in [2.24, 2.45) is 0 Å². The van der Waals surface area contributed by atoms with Gasteiger partial charge in [-0.2, -0.15) is 9.97 Å². The highest BCUT2D eigenvalue weighted by Gasteiger charge is 2.06. The number of rotatable bonds is 4. The Hall–Kier alpha value is -1.70. The zero-order chi connectivity index (χ0) is 12.3. The third kappa shape index (κ3) is 2.90. The predicted octanol–water partition coefficient (Wildman–Crippen LogP) is 1.58. The molecule has 0 radical (unpaired) electrons. The molecular formula is C9H11BrN6O. The molecule has 2 N–H and O–H groups in total. The summed E-state index contributed by atoms with van der Waals surface area (Å²) in [6, 6.07) is 0. The van der Waals surface area contributed by atoms with E-state index in [9.17, 15) is 0 Å². The number of halogens is 1. The van der Waals surface area contributed by atoms with Crippen LogP contribution in [0.25, 0.3) is 0 Å². The van der Waals surface area contributed by atoms with Gasteiger partial charge in [-0.1, -0.05) is 5.16 Å². The van der Waals surface area contributed by atoms with E-state index in [-0.39, 0.29) is 0 Å². The van der Waals surface area contributed by atoms with Gasteiger partial charge in [0.05, 0.1) is 11.0 Å². The van der Waals surface area contributed by atoms with Crippen LogP contribution in [0.3, 0.4) is 0 Å². The van der Waals surface area contributed by atoms with Crippen molar-refractivity contribution >= 4 is 27.7 Å². The molecule has 0 unspecified atom stereocenters. The minimum Gasteiger partial charge on any atom is -0.360 e. The monoisotopic (exact) mass is 298 g/mol. The standard InChI is InChI=1S/C9H11BrN6O/c1-5-14-7(17-16-5)4-12-8-6(10)3-13-9(11-2)15-8/h3H,4H2,1-2H3,(H2,11,12,13,15). The summed E-state index contributed by atoms with van der Waals surface area (Å²) in [7, 11) is 1.76. The zero-order valence-corrected chi connectivity index (χ0v) is 10.9. The first-order valence-electron chi connectivity index (χ1n) is 4.92. The number of aromatic nitrogens is 4. The smallest absolute Gasteiger partial charge is 0.245 e. The Morgan fingerprint density at radius 1 is 1.41 bits per heavy atom. The van der Waals surface area contributed by atoms with Gasteiger partial charge >= 0.3 is 0 Å². The summed E-state index contributed by atoms with van der Waals surface area (Å²) < 4.78 is 5.76. The van der Waals surface area contributed by atoms with E-state index in [0.29, 0.717) is 30.0 Å². The summed E-state index contributed by atoms with van der Waals surface area (Å²) in [6.45, 7) is 2.19. The molecule has 0 saturated heterocycles. The van der Waals surface area contributed by atoms with Gasteiger partial charge in [-0.3, -0.25) is 0 Å². The highest BCUT2D eigenvalue weighted by Crippen LogP contribution is 2.20.